The summed E-state index contributed by atoms with van der Waals surface area (Å²) in [6.45, 7) is 0. The quantitative estimate of drug-likeness (QED) is 0.751. The summed E-state index contributed by atoms with van der Waals surface area (Å²) in [6.07, 6.45) is -2.14. The predicted molar refractivity (Wildman–Crippen MR) is 93.1 cm³/mol. The summed E-state index contributed by atoms with van der Waals surface area (Å²) in [4.78, 5) is 7.79. The van der Waals surface area contributed by atoms with Crippen LogP contribution in [0.5, 0.6) is 17.2 Å². The van der Waals surface area contributed by atoms with E-state index in [1.807, 2.05) is 0 Å². The number of anilines is 3. The lowest BCUT2D eigenvalue weighted by molar-refractivity contribution is -0.137. The molecule has 3 rings (SSSR count). The molecule has 27 heavy (non-hydrogen) atoms. The van der Waals surface area contributed by atoms with Crippen molar-refractivity contribution in [1.29, 1.82) is 0 Å². The zero-order chi connectivity index (χ0) is 19.6. The Kier molecular flexibility index (Phi) is 5.15. The van der Waals surface area contributed by atoms with E-state index >= 15 is 0 Å². The van der Waals surface area contributed by atoms with Gasteiger partial charge in [0.25, 0.3) is 0 Å². The normalized spacial score (nSPS) is 13.9. The summed E-state index contributed by atoms with van der Waals surface area (Å²) in [5.74, 6) is 0.954. The van der Waals surface area contributed by atoms with Crippen LogP contribution in [-0.4, -0.2) is 37.3 Å². The van der Waals surface area contributed by atoms with Gasteiger partial charge < -0.3 is 24.8 Å². The summed E-state index contributed by atoms with van der Waals surface area (Å²) in [6, 6.07) is 3.22. The number of rotatable bonds is 7. The number of methoxy groups -OCH3 is 3. The number of alkyl halides is 3. The summed E-state index contributed by atoms with van der Waals surface area (Å²) in [5.41, 5.74) is -0.425. The van der Waals surface area contributed by atoms with Crippen LogP contribution < -0.4 is 24.8 Å². The number of halogens is 3. The average molecular weight is 384 g/mol. The van der Waals surface area contributed by atoms with Crippen molar-refractivity contribution in [1.82, 2.24) is 9.97 Å². The number of nitrogens with zero attached hydrogens (tertiary/aromatic N) is 2. The highest BCUT2D eigenvalue weighted by Crippen LogP contribution is 2.41. The number of benzene rings is 1. The Bertz CT molecular complexity index is 801. The second-order valence-electron chi connectivity index (χ2n) is 5.91. The molecule has 1 saturated carbocycles. The highest BCUT2D eigenvalue weighted by Gasteiger charge is 2.36. The Morgan fingerprint density at radius 2 is 1.67 bits per heavy atom. The zero-order valence-electron chi connectivity index (χ0n) is 15.0. The van der Waals surface area contributed by atoms with Crippen LogP contribution in [0, 0.1) is 0 Å². The number of ether oxygens (including phenoxy) is 3. The van der Waals surface area contributed by atoms with Gasteiger partial charge in [0, 0.05) is 30.1 Å². The average Bonchev–Trinajstić information content (AvgIpc) is 3.44. The molecule has 0 bridgehead atoms. The Balaban J connectivity index is 1.93. The number of aromatic nitrogens is 2. The minimum Gasteiger partial charge on any atom is -0.493 e. The molecule has 0 amide bonds. The van der Waals surface area contributed by atoms with Crippen molar-refractivity contribution in [3.8, 4) is 17.2 Å². The number of hydrogen-bond acceptors (Lipinski definition) is 7. The Morgan fingerprint density at radius 1 is 1.04 bits per heavy atom. The molecule has 7 nitrogen and oxygen atoms in total. The monoisotopic (exact) mass is 384 g/mol. The Morgan fingerprint density at radius 3 is 2.15 bits per heavy atom. The summed E-state index contributed by atoms with van der Waals surface area (Å²) >= 11 is 0. The third-order valence-corrected chi connectivity index (χ3v) is 3.93. The largest absolute Gasteiger partial charge is 0.493 e. The van der Waals surface area contributed by atoms with Crippen molar-refractivity contribution in [3.05, 3.63) is 23.9 Å². The zero-order valence-corrected chi connectivity index (χ0v) is 15.0. The smallest absolute Gasteiger partial charge is 0.421 e. The van der Waals surface area contributed by atoms with Gasteiger partial charge in [0.15, 0.2) is 11.5 Å². The van der Waals surface area contributed by atoms with Crippen LogP contribution in [0.25, 0.3) is 0 Å². The lowest BCUT2D eigenvalue weighted by Crippen LogP contribution is -2.15. The first-order chi connectivity index (χ1) is 12.9. The van der Waals surface area contributed by atoms with E-state index in [1.54, 1.807) is 12.1 Å². The first kappa shape index (κ1) is 18.9. The molecule has 0 unspecified atom stereocenters. The van der Waals surface area contributed by atoms with Gasteiger partial charge in [-0.3, -0.25) is 0 Å². The highest BCUT2D eigenvalue weighted by atomic mass is 19.4. The highest BCUT2D eigenvalue weighted by molar-refractivity contribution is 5.66. The van der Waals surface area contributed by atoms with Crippen molar-refractivity contribution in [2.45, 2.75) is 25.1 Å². The Hall–Kier alpha value is -2.91. The van der Waals surface area contributed by atoms with E-state index in [9.17, 15) is 13.2 Å². The molecule has 2 N–H and O–H groups in total. The maximum absolute atomic E-state index is 13.2. The molecule has 1 aliphatic rings. The molecule has 1 aliphatic carbocycles. The van der Waals surface area contributed by atoms with Gasteiger partial charge >= 0.3 is 6.18 Å². The van der Waals surface area contributed by atoms with Gasteiger partial charge in [0.1, 0.15) is 11.4 Å². The van der Waals surface area contributed by atoms with Crippen molar-refractivity contribution >= 4 is 17.5 Å². The van der Waals surface area contributed by atoms with E-state index < -0.39 is 11.7 Å². The second-order valence-corrected chi connectivity index (χ2v) is 5.91. The topological polar surface area (TPSA) is 77.5 Å². The van der Waals surface area contributed by atoms with Crippen molar-refractivity contribution in [3.63, 3.8) is 0 Å². The molecule has 1 aromatic carbocycles. The summed E-state index contributed by atoms with van der Waals surface area (Å²) in [5, 5.41) is 5.67. The van der Waals surface area contributed by atoms with Crippen LogP contribution in [0.2, 0.25) is 0 Å². The first-order valence-corrected chi connectivity index (χ1v) is 8.13. The lowest BCUT2D eigenvalue weighted by atomic mass is 10.2. The van der Waals surface area contributed by atoms with Crippen LogP contribution in [-0.2, 0) is 6.18 Å². The van der Waals surface area contributed by atoms with Crippen LogP contribution in [0.3, 0.4) is 0 Å². The minimum absolute atomic E-state index is 0.00928. The predicted octanol–water partition coefficient (Wildman–Crippen LogP) is 3.84. The standard InChI is InChI=1S/C17H19F3N4O3/c1-25-12-6-10(7-13(26-2)14(12)27-3)23-16-21-8-11(17(18,19)20)15(24-16)22-9-4-5-9/h6-9H,4-5H2,1-3H3,(H2,21,22,23,24). The van der Waals surface area contributed by atoms with Gasteiger partial charge in [0.05, 0.1) is 21.3 Å². The van der Waals surface area contributed by atoms with E-state index in [4.69, 9.17) is 14.2 Å². The molecular weight excluding hydrogens is 365 g/mol. The molecule has 0 radical (unpaired) electrons. The van der Waals surface area contributed by atoms with Gasteiger partial charge in [-0.2, -0.15) is 18.2 Å². The van der Waals surface area contributed by atoms with Gasteiger partial charge in [-0.1, -0.05) is 0 Å². The van der Waals surface area contributed by atoms with E-state index in [1.165, 1.54) is 21.3 Å². The molecular formula is C17H19F3N4O3. The summed E-state index contributed by atoms with van der Waals surface area (Å²) < 4.78 is 55.3. The van der Waals surface area contributed by atoms with Gasteiger partial charge in [-0.05, 0) is 12.8 Å². The SMILES string of the molecule is COc1cc(Nc2ncc(C(F)(F)F)c(NC3CC3)n2)cc(OC)c1OC. The van der Waals surface area contributed by atoms with E-state index in [-0.39, 0.29) is 17.8 Å². The maximum atomic E-state index is 13.2. The molecule has 0 aliphatic heterocycles. The fourth-order valence-electron chi connectivity index (χ4n) is 2.46. The molecule has 2 aromatic rings. The van der Waals surface area contributed by atoms with E-state index in [0.717, 1.165) is 19.0 Å². The third-order valence-electron chi connectivity index (χ3n) is 3.93. The van der Waals surface area contributed by atoms with Gasteiger partial charge in [-0.25, -0.2) is 4.98 Å². The first-order valence-electron chi connectivity index (χ1n) is 8.13. The summed E-state index contributed by atoms with van der Waals surface area (Å²) in [7, 11) is 4.41. The Labute approximate surface area is 153 Å². The maximum Gasteiger partial charge on any atom is 0.421 e. The molecule has 10 heteroatoms. The van der Waals surface area contributed by atoms with Gasteiger partial charge in [0.2, 0.25) is 11.7 Å². The van der Waals surface area contributed by atoms with Crippen LogP contribution in [0.4, 0.5) is 30.6 Å². The van der Waals surface area contributed by atoms with E-state index in [2.05, 4.69) is 20.6 Å². The molecule has 0 saturated heterocycles. The fourth-order valence-corrected chi connectivity index (χ4v) is 2.46. The lowest BCUT2D eigenvalue weighted by Gasteiger charge is -2.16. The van der Waals surface area contributed by atoms with Crippen LogP contribution >= 0.6 is 0 Å². The number of hydrogen-bond donors (Lipinski definition) is 2. The van der Waals surface area contributed by atoms with Crippen molar-refractivity contribution < 1.29 is 27.4 Å². The molecule has 1 fully saturated rings. The van der Waals surface area contributed by atoms with Crippen molar-refractivity contribution in [2.24, 2.45) is 0 Å². The van der Waals surface area contributed by atoms with Crippen molar-refractivity contribution in [2.75, 3.05) is 32.0 Å². The second kappa shape index (κ2) is 7.37. The van der Waals surface area contributed by atoms with Crippen LogP contribution in [0.15, 0.2) is 18.3 Å². The fraction of sp³-hybridized carbons (Fsp3) is 0.412. The molecule has 1 heterocycles. The molecule has 0 spiro atoms. The van der Waals surface area contributed by atoms with E-state index in [0.29, 0.717) is 22.9 Å². The van der Waals surface area contributed by atoms with Gasteiger partial charge in [-0.15, -0.1) is 0 Å². The minimum atomic E-state index is -4.54. The molecule has 0 atom stereocenters. The third kappa shape index (κ3) is 4.26. The van der Waals surface area contributed by atoms with Crippen LogP contribution in [0.1, 0.15) is 18.4 Å². The number of nitrogens with one attached hydrogen (secondary N) is 2. The molecule has 146 valence electrons. The molecule has 1 aromatic heterocycles.